The summed E-state index contributed by atoms with van der Waals surface area (Å²) >= 11 is 0. The van der Waals surface area contributed by atoms with Gasteiger partial charge in [0, 0.05) is 18.0 Å². The highest BCUT2D eigenvalue weighted by molar-refractivity contribution is 7.59. The molecule has 0 bridgehead atoms. The third-order valence-electron chi connectivity index (χ3n) is 5.86. The van der Waals surface area contributed by atoms with Crippen LogP contribution in [0.3, 0.4) is 0 Å². The molecule has 0 aromatic carbocycles. The van der Waals surface area contributed by atoms with Gasteiger partial charge in [-0.15, -0.1) is 0 Å². The third-order valence-corrected chi connectivity index (χ3v) is 7.98. The van der Waals surface area contributed by atoms with Crippen molar-refractivity contribution in [1.29, 1.82) is 0 Å². The van der Waals surface area contributed by atoms with Gasteiger partial charge < -0.3 is 34.9 Å². The zero-order chi connectivity index (χ0) is 29.2. The minimum absolute atomic E-state index is 0.196. The second-order valence-electron chi connectivity index (χ2n) is 9.36. The number of nitrogens with zero attached hydrogens (tertiary/aromatic N) is 1. The highest BCUT2D eigenvalue weighted by atomic mass is 31.2. The van der Waals surface area contributed by atoms with Crippen molar-refractivity contribution in [3.8, 4) is 0 Å². The first-order valence-corrected chi connectivity index (χ1v) is 14.9. The number of anilines is 1. The highest BCUT2D eigenvalue weighted by Crippen LogP contribution is 2.40. The number of nitrogens with one attached hydrogen (secondary N) is 2. The lowest BCUT2D eigenvalue weighted by molar-refractivity contribution is -0.167. The second-order valence-corrected chi connectivity index (χ2v) is 11.6. The summed E-state index contributed by atoms with van der Waals surface area (Å²) in [5, 5.41) is 26.3. The standard InChI is InChI=1S/C24H41N4O10P/c1-5-7-11-35-22(32)15(3)26-39(34,27-16(4)23(33)36-12-8-6-2)14-37-24-20(31)19(30)21(38-24)28-10-9-17(25)13-18(28)29/h9-10,13,15-16,19-21,24,30-31H,5-8,11-12,14,25H2,1-4H3,(H2,26,27,34)/t15-,16-,19+,20-,21+,24-/m0/s1. The lowest BCUT2D eigenvalue weighted by Gasteiger charge is -2.27. The van der Waals surface area contributed by atoms with Gasteiger partial charge in [-0.25, -0.2) is 10.2 Å². The average Bonchev–Trinajstić information content (AvgIpc) is 3.16. The molecule has 6 atom stereocenters. The maximum atomic E-state index is 13.9. The monoisotopic (exact) mass is 576 g/mol. The summed E-state index contributed by atoms with van der Waals surface area (Å²) in [7, 11) is -3.91. The van der Waals surface area contributed by atoms with Crippen molar-refractivity contribution in [2.75, 3.05) is 25.3 Å². The lowest BCUT2D eigenvalue weighted by Crippen LogP contribution is -2.43. The van der Waals surface area contributed by atoms with Crippen LogP contribution in [0.1, 0.15) is 59.6 Å². The molecule has 0 amide bonds. The number of aromatic nitrogens is 1. The van der Waals surface area contributed by atoms with E-state index in [0.29, 0.717) is 12.8 Å². The fourth-order valence-electron chi connectivity index (χ4n) is 3.62. The number of aliphatic hydroxyl groups excluding tert-OH is 2. The minimum atomic E-state index is -3.91. The lowest BCUT2D eigenvalue weighted by atomic mass is 10.2. The molecule has 0 radical (unpaired) electrons. The maximum Gasteiger partial charge on any atom is 0.323 e. The van der Waals surface area contributed by atoms with Gasteiger partial charge >= 0.3 is 11.9 Å². The van der Waals surface area contributed by atoms with E-state index in [1.807, 2.05) is 13.8 Å². The average molecular weight is 577 g/mol. The maximum absolute atomic E-state index is 13.9. The Kier molecular flexibility index (Phi) is 13.0. The van der Waals surface area contributed by atoms with Crippen LogP contribution >= 0.6 is 7.44 Å². The molecule has 1 aromatic heterocycles. The first kappa shape index (κ1) is 32.9. The third kappa shape index (κ3) is 9.67. The second kappa shape index (κ2) is 15.5. The number of carbonyl (C=O) groups is 2. The van der Waals surface area contributed by atoms with Crippen LogP contribution in [-0.2, 0) is 33.1 Å². The Bertz CT molecular complexity index is 1020. The van der Waals surface area contributed by atoms with E-state index in [9.17, 15) is 29.2 Å². The molecule has 0 spiro atoms. The number of pyridine rings is 1. The highest BCUT2D eigenvalue weighted by Gasteiger charge is 2.46. The smallest absolute Gasteiger partial charge is 0.323 e. The van der Waals surface area contributed by atoms with E-state index in [1.54, 1.807) is 0 Å². The summed E-state index contributed by atoms with van der Waals surface area (Å²) in [4.78, 5) is 37.1. The summed E-state index contributed by atoms with van der Waals surface area (Å²) in [6.07, 6.45) is -2.37. The zero-order valence-electron chi connectivity index (χ0n) is 22.8. The van der Waals surface area contributed by atoms with Crippen molar-refractivity contribution in [3.05, 3.63) is 28.7 Å². The van der Waals surface area contributed by atoms with Gasteiger partial charge in [0.2, 0.25) is 7.44 Å². The van der Waals surface area contributed by atoms with Gasteiger partial charge in [-0.3, -0.25) is 23.5 Å². The fraction of sp³-hybridized carbons (Fsp3) is 0.708. The fourth-order valence-corrected chi connectivity index (χ4v) is 5.66. The number of ether oxygens (including phenoxy) is 4. The summed E-state index contributed by atoms with van der Waals surface area (Å²) < 4.78 is 36.4. The number of nitrogens with two attached hydrogens (primary N) is 1. The first-order valence-electron chi connectivity index (χ1n) is 13.0. The van der Waals surface area contributed by atoms with Gasteiger partial charge in [-0.2, -0.15) is 0 Å². The molecule has 39 heavy (non-hydrogen) atoms. The molecule has 15 heteroatoms. The molecule has 0 saturated carbocycles. The van der Waals surface area contributed by atoms with Gasteiger partial charge in [0.05, 0.1) is 13.2 Å². The number of carbonyl (C=O) groups excluding carboxylic acids is 2. The van der Waals surface area contributed by atoms with Crippen molar-refractivity contribution in [1.82, 2.24) is 14.7 Å². The number of rotatable bonds is 16. The van der Waals surface area contributed by atoms with E-state index in [-0.39, 0.29) is 18.9 Å². The van der Waals surface area contributed by atoms with Crippen LogP contribution in [0.15, 0.2) is 23.1 Å². The van der Waals surface area contributed by atoms with Crippen molar-refractivity contribution >= 4 is 25.1 Å². The van der Waals surface area contributed by atoms with Crippen molar-refractivity contribution in [2.24, 2.45) is 0 Å². The van der Waals surface area contributed by atoms with Crippen LogP contribution in [0, 0.1) is 0 Å². The molecule has 6 N–H and O–H groups in total. The van der Waals surface area contributed by atoms with Crippen LogP contribution < -0.4 is 21.5 Å². The van der Waals surface area contributed by atoms with E-state index >= 15 is 0 Å². The predicted octanol–water partition coefficient (Wildman–Crippen LogP) is 0.817. The minimum Gasteiger partial charge on any atom is -0.465 e. The van der Waals surface area contributed by atoms with E-state index in [4.69, 9.17) is 24.7 Å². The largest absolute Gasteiger partial charge is 0.465 e. The van der Waals surface area contributed by atoms with Gasteiger partial charge in [-0.1, -0.05) is 26.7 Å². The molecule has 1 fully saturated rings. The van der Waals surface area contributed by atoms with Gasteiger partial charge in [0.1, 0.15) is 30.6 Å². The molecule has 222 valence electrons. The Balaban J connectivity index is 2.15. The van der Waals surface area contributed by atoms with Gasteiger partial charge in [0.15, 0.2) is 12.5 Å². The molecule has 2 rings (SSSR count). The molecule has 1 aromatic rings. The SMILES string of the molecule is CCCCOC(=O)[C@H](C)NP(=O)(CO[C@H]1O[C@@H](n2ccc(N)cc2=O)[C@H](O)[C@@H]1O)N[C@@H](C)C(=O)OCCCC. The summed E-state index contributed by atoms with van der Waals surface area (Å²) in [6.45, 7) is 7.17. The first-order chi connectivity index (χ1) is 18.4. The number of aliphatic hydroxyl groups is 2. The van der Waals surface area contributed by atoms with E-state index in [0.717, 1.165) is 23.5 Å². The Morgan fingerprint density at radius 2 is 1.62 bits per heavy atom. The van der Waals surface area contributed by atoms with Crippen LogP contribution in [0.2, 0.25) is 0 Å². The number of hydrogen-bond acceptors (Lipinski definition) is 11. The number of hydrogen-bond donors (Lipinski definition) is 5. The Hall–Kier alpha value is -2.32. The van der Waals surface area contributed by atoms with Crippen LogP contribution in [-0.4, -0.2) is 76.9 Å². The Labute approximate surface area is 227 Å². The normalized spacial score (nSPS) is 22.8. The topological polar surface area (TPSA) is 201 Å². The zero-order valence-corrected chi connectivity index (χ0v) is 23.7. The van der Waals surface area contributed by atoms with Crippen LogP contribution in [0.4, 0.5) is 5.69 Å². The van der Waals surface area contributed by atoms with E-state index < -0.39 is 68.1 Å². The van der Waals surface area contributed by atoms with E-state index in [2.05, 4.69) is 10.2 Å². The molecule has 0 aliphatic carbocycles. The molecular weight excluding hydrogens is 535 g/mol. The Morgan fingerprint density at radius 3 is 2.10 bits per heavy atom. The molecule has 1 aliphatic heterocycles. The Morgan fingerprint density at radius 1 is 1.08 bits per heavy atom. The molecule has 1 aliphatic rings. The summed E-state index contributed by atoms with van der Waals surface area (Å²) in [5.41, 5.74) is 5.23. The molecule has 0 unspecified atom stereocenters. The van der Waals surface area contributed by atoms with Crippen molar-refractivity contribution in [3.63, 3.8) is 0 Å². The van der Waals surface area contributed by atoms with Crippen LogP contribution in [0.25, 0.3) is 0 Å². The number of nitrogen functional groups attached to an aromatic ring is 1. The van der Waals surface area contributed by atoms with E-state index in [1.165, 1.54) is 26.1 Å². The van der Waals surface area contributed by atoms with Crippen molar-refractivity contribution in [2.45, 2.75) is 90.2 Å². The predicted molar refractivity (Wildman–Crippen MR) is 142 cm³/mol. The van der Waals surface area contributed by atoms with Crippen LogP contribution in [0.5, 0.6) is 0 Å². The number of unbranched alkanes of at least 4 members (excludes halogenated alkanes) is 2. The molecular formula is C24H41N4O10P. The number of esters is 2. The van der Waals surface area contributed by atoms with Crippen molar-refractivity contribution < 1.29 is 43.3 Å². The van der Waals surface area contributed by atoms with Gasteiger partial charge in [0.25, 0.3) is 5.56 Å². The quantitative estimate of drug-likeness (QED) is 0.105. The summed E-state index contributed by atoms with van der Waals surface area (Å²) in [5.74, 6) is -1.31. The molecule has 14 nitrogen and oxygen atoms in total. The van der Waals surface area contributed by atoms with Gasteiger partial charge in [-0.05, 0) is 32.8 Å². The summed E-state index contributed by atoms with van der Waals surface area (Å²) in [6, 6.07) is 0.448. The molecule has 1 saturated heterocycles. The molecule has 2 heterocycles.